The Kier molecular flexibility index (Phi) is 4.62. The van der Waals surface area contributed by atoms with Crippen LogP contribution in [0.5, 0.6) is 0 Å². The van der Waals surface area contributed by atoms with Crippen LogP contribution < -0.4 is 0 Å². The lowest BCUT2D eigenvalue weighted by molar-refractivity contribution is 0.359. The second-order valence-corrected chi connectivity index (χ2v) is 14.1. The first-order chi connectivity index (χ1) is 10.1. The highest BCUT2D eigenvalue weighted by Gasteiger charge is 2.64. The Hall–Kier alpha value is 0.930. The van der Waals surface area contributed by atoms with Crippen LogP contribution in [0.15, 0.2) is 23.0 Å². The molecule has 0 aromatic rings. The van der Waals surface area contributed by atoms with Gasteiger partial charge in [-0.2, -0.15) is 0 Å². The summed E-state index contributed by atoms with van der Waals surface area (Å²) >= 11 is 17.5. The zero-order chi connectivity index (χ0) is 16.4. The van der Waals surface area contributed by atoms with Crippen LogP contribution in [0.25, 0.3) is 0 Å². The van der Waals surface area contributed by atoms with E-state index in [1.54, 1.807) is 0 Å². The standard InChI is InChI=1S/C14H20Cl3NO2P2/c1-8-5-10-13-11(9(2)6-22(13,19)18(3)4)12(8)21(10)20-7-14(15,16)17/h5-6,10-13H,7H2,1-4H3/t10-,11-,12+,13+,21?,22?/m0/s1. The molecule has 0 aromatic carbocycles. The van der Waals surface area contributed by atoms with Gasteiger partial charge in [-0.1, -0.05) is 52.0 Å². The Morgan fingerprint density at radius 2 is 1.95 bits per heavy atom. The number of hydrogen-bond acceptors (Lipinski definition) is 2. The van der Waals surface area contributed by atoms with Gasteiger partial charge in [-0.15, -0.1) is 0 Å². The molecule has 0 saturated carbocycles. The van der Waals surface area contributed by atoms with Crippen molar-refractivity contribution in [3.63, 3.8) is 0 Å². The molecule has 6 atom stereocenters. The van der Waals surface area contributed by atoms with Crippen LogP contribution in [-0.2, 0) is 9.09 Å². The third kappa shape index (κ3) is 2.66. The average molecular weight is 403 g/mol. The van der Waals surface area contributed by atoms with Gasteiger partial charge in [0.15, 0.2) is 7.29 Å². The van der Waals surface area contributed by atoms with Crippen LogP contribution in [0.1, 0.15) is 13.8 Å². The highest BCUT2D eigenvalue weighted by molar-refractivity contribution is 7.68. The van der Waals surface area contributed by atoms with Crippen molar-refractivity contribution < 1.29 is 9.09 Å². The van der Waals surface area contributed by atoms with Gasteiger partial charge in [-0.3, -0.25) is 4.67 Å². The summed E-state index contributed by atoms with van der Waals surface area (Å²) in [5.41, 5.74) is 3.19. The lowest BCUT2D eigenvalue weighted by Gasteiger charge is -2.31. The Balaban J connectivity index is 1.92. The molecule has 0 aromatic heterocycles. The van der Waals surface area contributed by atoms with Crippen molar-refractivity contribution in [1.82, 2.24) is 4.67 Å². The monoisotopic (exact) mass is 401 g/mol. The maximum absolute atomic E-state index is 13.5. The van der Waals surface area contributed by atoms with Crippen LogP contribution >= 0.6 is 50.2 Å². The molecule has 3 aliphatic heterocycles. The summed E-state index contributed by atoms with van der Waals surface area (Å²) in [6, 6.07) is 0. The van der Waals surface area contributed by atoms with E-state index in [0.717, 1.165) is 0 Å². The lowest BCUT2D eigenvalue weighted by atomic mass is 9.85. The molecule has 0 spiro atoms. The molecular formula is C14H20Cl3NO2P2. The number of nitrogens with zero attached hydrogens (tertiary/aromatic N) is 1. The smallest absolute Gasteiger partial charge is 0.213 e. The Labute approximate surface area is 148 Å². The van der Waals surface area contributed by atoms with Gasteiger partial charge in [-0.25, -0.2) is 0 Å². The molecule has 0 N–H and O–H groups in total. The largest absolute Gasteiger partial charge is 0.354 e. The molecule has 8 heteroatoms. The average Bonchev–Trinajstić information content (AvgIpc) is 2.94. The van der Waals surface area contributed by atoms with Gasteiger partial charge in [0.2, 0.25) is 3.79 Å². The molecular weight excluding hydrogens is 382 g/mol. The number of allylic oxidation sites excluding steroid dienone is 3. The molecule has 2 unspecified atom stereocenters. The van der Waals surface area contributed by atoms with E-state index in [1.807, 2.05) is 24.6 Å². The number of halogens is 3. The van der Waals surface area contributed by atoms with Crippen LogP contribution in [0.4, 0.5) is 0 Å². The quantitative estimate of drug-likeness (QED) is 0.368. The van der Waals surface area contributed by atoms with Crippen molar-refractivity contribution in [3.05, 3.63) is 23.0 Å². The topological polar surface area (TPSA) is 29.5 Å². The van der Waals surface area contributed by atoms with E-state index >= 15 is 0 Å². The van der Waals surface area contributed by atoms with E-state index in [2.05, 4.69) is 19.9 Å². The maximum Gasteiger partial charge on any atom is 0.213 e. The fraction of sp³-hybridized carbons (Fsp3) is 0.714. The first-order valence-corrected chi connectivity index (χ1v) is 11.5. The molecule has 3 heterocycles. The summed E-state index contributed by atoms with van der Waals surface area (Å²) in [5, 5.41) is 0. The van der Waals surface area contributed by atoms with Crippen LogP contribution in [0.3, 0.4) is 0 Å². The Morgan fingerprint density at radius 1 is 1.32 bits per heavy atom. The Bertz CT molecular complexity index is 599. The minimum Gasteiger partial charge on any atom is -0.354 e. The molecule has 22 heavy (non-hydrogen) atoms. The van der Waals surface area contributed by atoms with Crippen molar-refractivity contribution >= 4 is 50.2 Å². The molecule has 3 rings (SSSR count). The first-order valence-electron chi connectivity index (χ1n) is 7.19. The summed E-state index contributed by atoms with van der Waals surface area (Å²) in [6.07, 6.45) is 2.25. The predicted molar refractivity (Wildman–Crippen MR) is 96.8 cm³/mol. The fourth-order valence-electron chi connectivity index (χ4n) is 4.04. The Morgan fingerprint density at radius 3 is 2.50 bits per heavy atom. The minimum atomic E-state index is -2.51. The molecule has 0 amide bonds. The molecule has 2 bridgehead atoms. The number of rotatable bonds is 3. The summed E-state index contributed by atoms with van der Waals surface area (Å²) in [7, 11) is 0.508. The van der Waals surface area contributed by atoms with Crippen molar-refractivity contribution in [2.75, 3.05) is 20.7 Å². The SMILES string of the molecule is CC1=CP(=O)(N(C)C)[C@H]2[C@@H]1[C@H]1C(C)=C[C@@H]2P1OCC(Cl)(Cl)Cl. The van der Waals surface area contributed by atoms with Gasteiger partial charge >= 0.3 is 0 Å². The highest BCUT2D eigenvalue weighted by Crippen LogP contribution is 2.79. The van der Waals surface area contributed by atoms with E-state index in [4.69, 9.17) is 39.3 Å². The highest BCUT2D eigenvalue weighted by atomic mass is 35.6. The summed E-state index contributed by atoms with van der Waals surface area (Å²) in [4.78, 5) is 0. The summed E-state index contributed by atoms with van der Waals surface area (Å²) in [5.74, 6) is 2.32. The first kappa shape index (κ1) is 17.7. The van der Waals surface area contributed by atoms with E-state index < -0.39 is 19.2 Å². The fourth-order valence-corrected chi connectivity index (χ4v) is 11.8. The van der Waals surface area contributed by atoms with Crippen LogP contribution in [-0.4, -0.2) is 46.1 Å². The van der Waals surface area contributed by atoms with Crippen molar-refractivity contribution in [2.45, 2.75) is 34.6 Å². The van der Waals surface area contributed by atoms with E-state index in [1.165, 1.54) is 11.1 Å². The number of fused-ring (bicyclic) bond motifs is 5. The predicted octanol–water partition coefficient (Wildman–Crippen LogP) is 5.22. The van der Waals surface area contributed by atoms with Gasteiger partial charge < -0.3 is 9.09 Å². The van der Waals surface area contributed by atoms with E-state index in [9.17, 15) is 4.57 Å². The van der Waals surface area contributed by atoms with Crippen molar-refractivity contribution in [1.29, 1.82) is 0 Å². The van der Waals surface area contributed by atoms with E-state index in [-0.39, 0.29) is 17.9 Å². The van der Waals surface area contributed by atoms with Crippen molar-refractivity contribution in [2.24, 2.45) is 5.92 Å². The summed E-state index contributed by atoms with van der Waals surface area (Å²) in [6.45, 7) is 4.32. The number of alkyl halides is 3. The van der Waals surface area contributed by atoms with Crippen LogP contribution in [0.2, 0.25) is 0 Å². The second kappa shape index (κ2) is 5.73. The van der Waals surface area contributed by atoms with Crippen LogP contribution in [0, 0.1) is 5.92 Å². The molecule has 0 aliphatic carbocycles. The lowest BCUT2D eigenvalue weighted by Crippen LogP contribution is -2.31. The summed E-state index contributed by atoms with van der Waals surface area (Å²) < 4.78 is 20.0. The molecule has 124 valence electrons. The molecule has 1 fully saturated rings. The molecule has 3 nitrogen and oxygen atoms in total. The van der Waals surface area contributed by atoms with Gasteiger partial charge in [0.25, 0.3) is 0 Å². The minimum absolute atomic E-state index is 0.0892. The molecule has 1 saturated heterocycles. The third-order valence-electron chi connectivity index (χ3n) is 4.87. The third-order valence-corrected chi connectivity index (χ3v) is 11.7. The second-order valence-electron chi connectivity index (χ2n) is 6.50. The molecule has 3 aliphatic rings. The maximum atomic E-state index is 13.5. The van der Waals surface area contributed by atoms with Gasteiger partial charge in [-0.05, 0) is 33.8 Å². The number of hydrogen-bond donors (Lipinski definition) is 0. The van der Waals surface area contributed by atoms with Gasteiger partial charge in [0, 0.05) is 31.0 Å². The van der Waals surface area contributed by atoms with E-state index in [0.29, 0.717) is 11.6 Å². The normalized spacial score (nSPS) is 43.5. The molecule has 0 radical (unpaired) electrons. The zero-order valence-electron chi connectivity index (χ0n) is 13.0. The zero-order valence-corrected chi connectivity index (χ0v) is 17.0. The van der Waals surface area contributed by atoms with Gasteiger partial charge in [0.1, 0.15) is 0 Å². The van der Waals surface area contributed by atoms with Gasteiger partial charge in [0.05, 0.1) is 6.61 Å². The van der Waals surface area contributed by atoms with Crippen molar-refractivity contribution in [3.8, 4) is 0 Å².